The lowest BCUT2D eigenvalue weighted by Gasteiger charge is -2.26. The van der Waals surface area contributed by atoms with Crippen molar-refractivity contribution in [1.29, 1.82) is 0 Å². The van der Waals surface area contributed by atoms with Gasteiger partial charge in [-0.15, -0.1) is 0 Å². The maximum absolute atomic E-state index is 13.4. The van der Waals surface area contributed by atoms with Crippen molar-refractivity contribution < 1.29 is 13.9 Å². The molecule has 2 aliphatic rings. The van der Waals surface area contributed by atoms with Gasteiger partial charge in [0.25, 0.3) is 5.56 Å². The van der Waals surface area contributed by atoms with Crippen LogP contribution in [-0.2, 0) is 16.0 Å². The quantitative estimate of drug-likeness (QED) is 0.589. The van der Waals surface area contributed by atoms with Crippen molar-refractivity contribution in [3.63, 3.8) is 0 Å². The smallest absolute Gasteiger partial charge is 0.295 e. The molecule has 0 bridgehead atoms. The number of hydrogen-bond acceptors (Lipinski definition) is 7. The Hall–Kier alpha value is -2.88. The Morgan fingerprint density at radius 1 is 1.06 bits per heavy atom. The lowest BCUT2D eigenvalue weighted by molar-refractivity contribution is 0.0398. The number of nitrogens with zero attached hydrogens (tertiary/aromatic N) is 4. The predicted molar refractivity (Wildman–Crippen MR) is 124 cm³/mol. The van der Waals surface area contributed by atoms with Crippen LogP contribution < -0.4 is 10.9 Å². The molecular weight excluding hydrogens is 425 g/mol. The minimum Gasteiger partial charge on any atom is -0.379 e. The van der Waals surface area contributed by atoms with E-state index >= 15 is 0 Å². The molecule has 2 aliphatic heterocycles. The van der Waals surface area contributed by atoms with Gasteiger partial charge < -0.3 is 14.8 Å². The van der Waals surface area contributed by atoms with Crippen molar-refractivity contribution in [2.75, 3.05) is 51.3 Å². The summed E-state index contributed by atoms with van der Waals surface area (Å²) in [4.78, 5) is 25.0. The fourth-order valence-corrected chi connectivity index (χ4v) is 4.33. The fourth-order valence-electron chi connectivity index (χ4n) is 4.33. The second-order valence-corrected chi connectivity index (χ2v) is 8.44. The number of anilines is 1. The van der Waals surface area contributed by atoms with Gasteiger partial charge >= 0.3 is 0 Å². The number of benzene rings is 1. The Bertz CT molecular complexity index is 1160. The largest absolute Gasteiger partial charge is 0.379 e. The first-order valence-electron chi connectivity index (χ1n) is 11.5. The Morgan fingerprint density at radius 3 is 2.64 bits per heavy atom. The number of morpholine rings is 1. The molecule has 8 nitrogen and oxygen atoms in total. The Kier molecular flexibility index (Phi) is 6.61. The summed E-state index contributed by atoms with van der Waals surface area (Å²) in [5.74, 6) is 0.0226. The summed E-state index contributed by atoms with van der Waals surface area (Å²) in [5, 5.41) is 3.23. The number of pyridine rings is 1. The van der Waals surface area contributed by atoms with E-state index in [9.17, 15) is 9.18 Å². The molecule has 33 heavy (non-hydrogen) atoms. The third kappa shape index (κ3) is 5.05. The van der Waals surface area contributed by atoms with Crippen LogP contribution in [0, 0.1) is 5.82 Å². The molecule has 4 heterocycles. The summed E-state index contributed by atoms with van der Waals surface area (Å²) >= 11 is 0. The zero-order valence-corrected chi connectivity index (χ0v) is 18.5. The average molecular weight is 454 g/mol. The molecular formula is C24H28FN5O3. The topological polar surface area (TPSA) is 81.5 Å². The van der Waals surface area contributed by atoms with Crippen molar-refractivity contribution in [2.45, 2.75) is 25.5 Å². The molecule has 1 aromatic carbocycles. The minimum atomic E-state index is -0.302. The van der Waals surface area contributed by atoms with Gasteiger partial charge in [0, 0.05) is 38.3 Å². The number of nitrogens with one attached hydrogen (secondary N) is 1. The number of fused-ring (bicyclic) bond motifs is 1. The third-order valence-corrected chi connectivity index (χ3v) is 6.16. The second-order valence-electron chi connectivity index (χ2n) is 8.44. The molecule has 3 aromatic rings. The van der Waals surface area contributed by atoms with Crippen LogP contribution in [0.2, 0.25) is 0 Å². The lowest BCUT2D eigenvalue weighted by atomic mass is 10.1. The van der Waals surface area contributed by atoms with Crippen molar-refractivity contribution in [3.05, 3.63) is 52.6 Å². The highest BCUT2D eigenvalue weighted by Gasteiger charge is 2.21. The van der Waals surface area contributed by atoms with Crippen LogP contribution in [0.1, 0.15) is 12.8 Å². The van der Waals surface area contributed by atoms with E-state index in [1.807, 2.05) is 12.1 Å². The van der Waals surface area contributed by atoms with Gasteiger partial charge in [0.15, 0.2) is 11.5 Å². The maximum Gasteiger partial charge on any atom is 0.295 e. The monoisotopic (exact) mass is 453 g/mol. The molecule has 9 heteroatoms. The van der Waals surface area contributed by atoms with Crippen LogP contribution >= 0.6 is 0 Å². The predicted octanol–water partition coefficient (Wildman–Crippen LogP) is 2.52. The van der Waals surface area contributed by atoms with Crippen molar-refractivity contribution >= 4 is 17.0 Å². The van der Waals surface area contributed by atoms with E-state index in [1.54, 1.807) is 16.7 Å². The van der Waals surface area contributed by atoms with Crippen LogP contribution in [-0.4, -0.2) is 71.5 Å². The van der Waals surface area contributed by atoms with Gasteiger partial charge in [0.05, 0.1) is 31.6 Å². The zero-order valence-electron chi connectivity index (χ0n) is 18.5. The summed E-state index contributed by atoms with van der Waals surface area (Å²) in [5.41, 5.74) is 2.38. The van der Waals surface area contributed by atoms with E-state index in [-0.39, 0.29) is 17.5 Å². The van der Waals surface area contributed by atoms with Crippen molar-refractivity contribution in [1.82, 2.24) is 19.4 Å². The summed E-state index contributed by atoms with van der Waals surface area (Å²) < 4.78 is 26.2. The summed E-state index contributed by atoms with van der Waals surface area (Å²) in [6.07, 6.45) is 1.88. The van der Waals surface area contributed by atoms with E-state index in [4.69, 9.17) is 14.5 Å². The summed E-state index contributed by atoms with van der Waals surface area (Å²) in [6.45, 7) is 5.84. The van der Waals surface area contributed by atoms with E-state index < -0.39 is 0 Å². The van der Waals surface area contributed by atoms with E-state index in [1.165, 1.54) is 12.1 Å². The van der Waals surface area contributed by atoms with Crippen molar-refractivity contribution in [2.24, 2.45) is 0 Å². The standard InChI is InChI=1S/C24H28FN5O3/c25-18-5-3-17(4-6-18)20-7-8-21-23(28-20)30(16-19-2-1-13-33-19)24(31)22(27-21)26-9-10-29-11-14-32-15-12-29/h3-8,19H,1-2,9-16H2,(H,26,27)/t19-/m1/s1. The third-order valence-electron chi connectivity index (χ3n) is 6.16. The first kappa shape index (κ1) is 21.9. The Morgan fingerprint density at radius 2 is 1.88 bits per heavy atom. The maximum atomic E-state index is 13.4. The molecule has 2 aromatic heterocycles. The molecule has 0 saturated carbocycles. The molecule has 0 spiro atoms. The molecule has 1 N–H and O–H groups in total. The van der Waals surface area contributed by atoms with E-state index in [0.717, 1.165) is 51.3 Å². The zero-order chi connectivity index (χ0) is 22.6. The van der Waals surface area contributed by atoms with Gasteiger partial charge in [-0.1, -0.05) is 0 Å². The van der Waals surface area contributed by atoms with E-state index in [2.05, 4.69) is 15.2 Å². The number of rotatable bonds is 7. The highest BCUT2D eigenvalue weighted by Crippen LogP contribution is 2.22. The molecule has 174 valence electrons. The lowest BCUT2D eigenvalue weighted by Crippen LogP contribution is -2.39. The molecule has 1 atom stereocenters. The van der Waals surface area contributed by atoms with Gasteiger partial charge in [-0.2, -0.15) is 0 Å². The normalized spacial score (nSPS) is 19.2. The van der Waals surface area contributed by atoms with Gasteiger partial charge in [-0.05, 0) is 49.2 Å². The van der Waals surface area contributed by atoms with Crippen LogP contribution in [0.3, 0.4) is 0 Å². The first-order valence-corrected chi connectivity index (χ1v) is 11.5. The molecule has 0 radical (unpaired) electrons. The summed E-state index contributed by atoms with van der Waals surface area (Å²) in [7, 11) is 0. The number of aromatic nitrogens is 3. The van der Waals surface area contributed by atoms with Crippen LogP contribution in [0.15, 0.2) is 41.2 Å². The molecule has 0 amide bonds. The highest BCUT2D eigenvalue weighted by molar-refractivity contribution is 5.76. The van der Waals surface area contributed by atoms with Gasteiger partial charge in [0.1, 0.15) is 11.3 Å². The molecule has 5 rings (SSSR count). The first-order chi connectivity index (χ1) is 16.2. The van der Waals surface area contributed by atoms with Gasteiger partial charge in [-0.3, -0.25) is 14.3 Å². The molecule has 0 aliphatic carbocycles. The number of halogens is 1. The summed E-state index contributed by atoms with van der Waals surface area (Å²) in [6, 6.07) is 9.88. The average Bonchev–Trinajstić information content (AvgIpc) is 3.36. The van der Waals surface area contributed by atoms with Crippen LogP contribution in [0.5, 0.6) is 0 Å². The van der Waals surface area contributed by atoms with Gasteiger partial charge in [0.2, 0.25) is 0 Å². The second kappa shape index (κ2) is 9.94. The number of ether oxygens (including phenoxy) is 2. The van der Waals surface area contributed by atoms with Crippen LogP contribution in [0.4, 0.5) is 10.2 Å². The van der Waals surface area contributed by atoms with Crippen molar-refractivity contribution in [3.8, 4) is 11.3 Å². The van der Waals surface area contributed by atoms with Gasteiger partial charge in [-0.25, -0.2) is 14.4 Å². The fraction of sp³-hybridized carbons (Fsp3) is 0.458. The Labute approximate surface area is 191 Å². The molecule has 2 saturated heterocycles. The molecule has 2 fully saturated rings. The molecule has 0 unspecified atom stereocenters. The minimum absolute atomic E-state index is 0.0224. The highest BCUT2D eigenvalue weighted by atomic mass is 19.1. The van der Waals surface area contributed by atoms with E-state index in [0.29, 0.717) is 42.4 Å². The number of hydrogen-bond donors (Lipinski definition) is 1. The SMILES string of the molecule is O=c1c(NCCN2CCOCC2)nc2ccc(-c3ccc(F)cc3)nc2n1C[C@H]1CCCO1. The Balaban J connectivity index is 1.46. The van der Waals surface area contributed by atoms with Crippen LogP contribution in [0.25, 0.3) is 22.4 Å².